The van der Waals surface area contributed by atoms with Crippen molar-refractivity contribution in [1.29, 1.82) is 0 Å². The molecule has 0 bridgehead atoms. The second-order valence-electron chi connectivity index (χ2n) is 3.90. The van der Waals surface area contributed by atoms with Crippen LogP contribution in [0.3, 0.4) is 0 Å². The van der Waals surface area contributed by atoms with E-state index in [0.717, 1.165) is 32.6 Å². The molecule has 1 atom stereocenters. The summed E-state index contributed by atoms with van der Waals surface area (Å²) in [6, 6.07) is 2.52. The van der Waals surface area contributed by atoms with Crippen LogP contribution in [0, 0.1) is 0 Å². The van der Waals surface area contributed by atoms with Crippen molar-refractivity contribution in [3.8, 4) is 0 Å². The molecule has 0 aromatic carbocycles. The van der Waals surface area contributed by atoms with Crippen molar-refractivity contribution in [2.45, 2.75) is 32.7 Å². The zero-order valence-electron chi connectivity index (χ0n) is 10.6. The van der Waals surface area contributed by atoms with Crippen molar-refractivity contribution in [2.24, 2.45) is 7.05 Å². The normalized spacial score (nSPS) is 12.9. The number of rotatable bonds is 8. The monoisotopic (exact) mass is 225 g/mol. The van der Waals surface area contributed by atoms with Crippen molar-refractivity contribution < 1.29 is 4.74 Å². The van der Waals surface area contributed by atoms with Gasteiger partial charge in [-0.1, -0.05) is 6.92 Å². The van der Waals surface area contributed by atoms with Gasteiger partial charge in [-0.05, 0) is 32.4 Å². The molecule has 0 spiro atoms. The zero-order chi connectivity index (χ0) is 11.8. The molecule has 0 amide bonds. The molecule has 0 aliphatic heterocycles. The predicted molar refractivity (Wildman–Crippen MR) is 65.5 cm³/mol. The Morgan fingerprint density at radius 2 is 2.31 bits per heavy atom. The smallest absolute Gasteiger partial charge is 0.0619 e. The highest BCUT2D eigenvalue weighted by atomic mass is 16.5. The Bertz CT molecular complexity index is 286. The minimum Gasteiger partial charge on any atom is -0.380 e. The molecule has 1 aromatic rings. The van der Waals surface area contributed by atoms with Gasteiger partial charge in [-0.25, -0.2) is 0 Å². The molecular formula is C12H23N3O. The fraction of sp³-hybridized carbons (Fsp3) is 0.750. The maximum absolute atomic E-state index is 5.46. The summed E-state index contributed by atoms with van der Waals surface area (Å²) >= 11 is 0. The molecule has 1 heterocycles. The highest BCUT2D eigenvalue weighted by Gasteiger charge is 2.08. The van der Waals surface area contributed by atoms with Crippen LogP contribution in [0.4, 0.5) is 0 Å². The maximum Gasteiger partial charge on any atom is 0.0619 e. The number of ether oxygens (including phenoxy) is 1. The molecule has 16 heavy (non-hydrogen) atoms. The lowest BCUT2D eigenvalue weighted by Crippen LogP contribution is -2.34. The molecule has 0 saturated heterocycles. The molecule has 0 fully saturated rings. The van der Waals surface area contributed by atoms with Crippen LogP contribution in [0.15, 0.2) is 12.3 Å². The molecule has 1 rings (SSSR count). The Hall–Kier alpha value is -0.870. The molecule has 0 radical (unpaired) electrons. The third-order valence-corrected chi connectivity index (χ3v) is 2.69. The molecule has 0 aliphatic carbocycles. The van der Waals surface area contributed by atoms with E-state index >= 15 is 0 Å². The zero-order valence-corrected chi connectivity index (χ0v) is 10.6. The van der Waals surface area contributed by atoms with Crippen LogP contribution in [-0.4, -0.2) is 35.6 Å². The summed E-state index contributed by atoms with van der Waals surface area (Å²) in [7, 11) is 1.99. The van der Waals surface area contributed by atoms with Gasteiger partial charge in [-0.3, -0.25) is 4.68 Å². The highest BCUT2D eigenvalue weighted by Crippen LogP contribution is 2.04. The molecule has 92 valence electrons. The van der Waals surface area contributed by atoms with Gasteiger partial charge in [0.1, 0.15) is 0 Å². The van der Waals surface area contributed by atoms with E-state index in [9.17, 15) is 0 Å². The van der Waals surface area contributed by atoms with E-state index < -0.39 is 0 Å². The second kappa shape index (κ2) is 7.41. The summed E-state index contributed by atoms with van der Waals surface area (Å²) < 4.78 is 7.40. The SMILES string of the molecule is CCNC(CCc1ccnn1C)COCC. The largest absolute Gasteiger partial charge is 0.380 e. The van der Waals surface area contributed by atoms with E-state index in [0.29, 0.717) is 6.04 Å². The predicted octanol–water partition coefficient (Wildman–Crippen LogP) is 1.37. The minimum atomic E-state index is 0.444. The standard InChI is InChI=1S/C12H23N3O/c1-4-13-11(10-16-5-2)6-7-12-8-9-14-15(12)3/h8-9,11,13H,4-7,10H2,1-3H3. The third kappa shape index (κ3) is 4.33. The number of aromatic nitrogens is 2. The quantitative estimate of drug-likeness (QED) is 0.726. The van der Waals surface area contributed by atoms with E-state index in [4.69, 9.17) is 4.74 Å². The number of nitrogens with one attached hydrogen (secondary N) is 1. The van der Waals surface area contributed by atoms with Gasteiger partial charge in [-0.2, -0.15) is 5.10 Å². The van der Waals surface area contributed by atoms with Crippen molar-refractivity contribution in [3.05, 3.63) is 18.0 Å². The Kier molecular flexibility index (Phi) is 6.11. The van der Waals surface area contributed by atoms with Gasteiger partial charge < -0.3 is 10.1 Å². The van der Waals surface area contributed by atoms with E-state index in [1.165, 1.54) is 5.69 Å². The van der Waals surface area contributed by atoms with Gasteiger partial charge in [0.15, 0.2) is 0 Å². The van der Waals surface area contributed by atoms with Gasteiger partial charge in [0.05, 0.1) is 6.61 Å². The first-order valence-corrected chi connectivity index (χ1v) is 6.05. The molecule has 1 unspecified atom stereocenters. The van der Waals surface area contributed by atoms with Gasteiger partial charge in [-0.15, -0.1) is 0 Å². The molecule has 0 saturated carbocycles. The van der Waals surface area contributed by atoms with Crippen LogP contribution in [0.2, 0.25) is 0 Å². The van der Waals surface area contributed by atoms with Crippen LogP contribution < -0.4 is 5.32 Å². The van der Waals surface area contributed by atoms with Crippen LogP contribution in [0.1, 0.15) is 26.0 Å². The molecule has 4 heteroatoms. The fourth-order valence-electron chi connectivity index (χ4n) is 1.76. The Morgan fingerprint density at radius 1 is 1.50 bits per heavy atom. The van der Waals surface area contributed by atoms with Crippen molar-refractivity contribution >= 4 is 0 Å². The number of hydrogen-bond donors (Lipinski definition) is 1. The second-order valence-corrected chi connectivity index (χ2v) is 3.90. The third-order valence-electron chi connectivity index (χ3n) is 2.69. The first-order chi connectivity index (χ1) is 7.77. The summed E-state index contributed by atoms with van der Waals surface area (Å²) in [5.74, 6) is 0. The Labute approximate surface area is 98.0 Å². The highest BCUT2D eigenvalue weighted by molar-refractivity contribution is 5.00. The fourth-order valence-corrected chi connectivity index (χ4v) is 1.76. The lowest BCUT2D eigenvalue weighted by atomic mass is 10.1. The van der Waals surface area contributed by atoms with E-state index in [-0.39, 0.29) is 0 Å². The first-order valence-electron chi connectivity index (χ1n) is 6.05. The average Bonchev–Trinajstić information content (AvgIpc) is 2.68. The topological polar surface area (TPSA) is 39.1 Å². The van der Waals surface area contributed by atoms with Crippen molar-refractivity contribution in [1.82, 2.24) is 15.1 Å². The van der Waals surface area contributed by atoms with Gasteiger partial charge >= 0.3 is 0 Å². The summed E-state index contributed by atoms with van der Waals surface area (Å²) in [6.07, 6.45) is 3.98. The number of aryl methyl sites for hydroxylation is 2. The Balaban J connectivity index is 2.34. The van der Waals surface area contributed by atoms with Crippen molar-refractivity contribution in [2.75, 3.05) is 19.8 Å². The number of likely N-dealkylation sites (N-methyl/N-ethyl adjacent to an activating group) is 1. The summed E-state index contributed by atoms with van der Waals surface area (Å²) in [6.45, 7) is 6.73. The van der Waals surface area contributed by atoms with E-state index in [1.54, 1.807) is 0 Å². The van der Waals surface area contributed by atoms with Gasteiger partial charge in [0.25, 0.3) is 0 Å². The van der Waals surface area contributed by atoms with Crippen LogP contribution in [0.25, 0.3) is 0 Å². The molecule has 1 aromatic heterocycles. The van der Waals surface area contributed by atoms with E-state index in [1.807, 2.05) is 24.9 Å². The van der Waals surface area contributed by atoms with Gasteiger partial charge in [0.2, 0.25) is 0 Å². The lowest BCUT2D eigenvalue weighted by molar-refractivity contribution is 0.120. The number of nitrogens with zero attached hydrogens (tertiary/aromatic N) is 2. The van der Waals surface area contributed by atoms with Crippen molar-refractivity contribution in [3.63, 3.8) is 0 Å². The summed E-state index contributed by atoms with van der Waals surface area (Å²) in [4.78, 5) is 0. The van der Waals surface area contributed by atoms with Crippen LogP contribution in [0.5, 0.6) is 0 Å². The summed E-state index contributed by atoms with van der Waals surface area (Å²) in [5.41, 5.74) is 1.28. The summed E-state index contributed by atoms with van der Waals surface area (Å²) in [5, 5.41) is 7.61. The number of hydrogen-bond acceptors (Lipinski definition) is 3. The first kappa shape index (κ1) is 13.2. The molecule has 0 aliphatic rings. The van der Waals surface area contributed by atoms with Gasteiger partial charge in [0, 0.05) is 31.6 Å². The molecule has 4 nitrogen and oxygen atoms in total. The lowest BCUT2D eigenvalue weighted by Gasteiger charge is -2.17. The molecular weight excluding hydrogens is 202 g/mol. The Morgan fingerprint density at radius 3 is 2.88 bits per heavy atom. The van der Waals surface area contributed by atoms with Crippen LogP contribution >= 0.6 is 0 Å². The minimum absolute atomic E-state index is 0.444. The maximum atomic E-state index is 5.46. The average molecular weight is 225 g/mol. The van der Waals surface area contributed by atoms with Crippen LogP contribution in [-0.2, 0) is 18.2 Å². The van der Waals surface area contributed by atoms with E-state index in [2.05, 4.69) is 23.4 Å². The molecule has 1 N–H and O–H groups in total.